The smallest absolute Gasteiger partial charge is 0.251 e. The van der Waals surface area contributed by atoms with Crippen LogP contribution in [0.3, 0.4) is 0 Å². The SMILES string of the molecule is NCCCC(=O)c1cc(C(=O)CCCN)cc(C(=O)NCCN)c1.NCCCC(=O)c1cc(C(=O)CCCO)cc(C(=O)NCCO)c1.NCCCC(=O)c1cccc(C(=O)NCCN)c1.NCCNC(=O)c1ccccc1.OCCCCc1cc(CCCCO)c(Cl)c(CCCCO)c1. The topological polar surface area (TPSA) is 485 Å². The van der Waals surface area contributed by atoms with Gasteiger partial charge in [0.25, 0.3) is 23.6 Å². The Bertz CT molecular complexity index is 2870. The number of unbranched alkanes of at least 4 members (excludes halogenated alkanes) is 3. The molecule has 0 aliphatic carbocycles. The number of nitrogens with two attached hydrogens (primary N) is 7. The van der Waals surface area contributed by atoms with Crippen LogP contribution in [0.2, 0.25) is 5.02 Å². The highest BCUT2D eigenvalue weighted by Gasteiger charge is 2.19. The Morgan fingerprint density at radius 1 is 0.290 bits per heavy atom. The molecule has 0 atom stereocenters. The molecule has 5 rings (SSSR count). The van der Waals surface area contributed by atoms with Crippen molar-refractivity contribution in [3.8, 4) is 0 Å². The van der Waals surface area contributed by atoms with Crippen LogP contribution in [-0.4, -0.2) is 183 Å². The lowest BCUT2D eigenvalue weighted by Gasteiger charge is -2.13. The monoisotopic (exact) mass is 1410 g/mol. The Morgan fingerprint density at radius 3 is 0.950 bits per heavy atom. The van der Waals surface area contributed by atoms with E-state index in [4.69, 9.17) is 77.3 Å². The van der Waals surface area contributed by atoms with Crippen LogP contribution in [0.1, 0.15) is 213 Å². The molecule has 0 aliphatic heterocycles. The first-order valence-electron chi connectivity index (χ1n) is 34.3. The van der Waals surface area contributed by atoms with Crippen molar-refractivity contribution in [3.63, 3.8) is 0 Å². The van der Waals surface area contributed by atoms with Gasteiger partial charge in [-0.15, -0.1) is 0 Å². The lowest BCUT2D eigenvalue weighted by molar-refractivity contribution is 0.0936. The van der Waals surface area contributed by atoms with Gasteiger partial charge in [0.05, 0.1) is 6.61 Å². The highest BCUT2D eigenvalue weighted by atomic mass is 35.5. The van der Waals surface area contributed by atoms with E-state index >= 15 is 0 Å². The van der Waals surface area contributed by atoms with E-state index in [2.05, 4.69) is 33.4 Å². The summed E-state index contributed by atoms with van der Waals surface area (Å²) in [5, 5.41) is 55.7. The van der Waals surface area contributed by atoms with Gasteiger partial charge in [0, 0.05) is 159 Å². The number of rotatable bonds is 44. The largest absolute Gasteiger partial charge is 0.396 e. The maximum Gasteiger partial charge on any atom is 0.251 e. The van der Waals surface area contributed by atoms with E-state index in [1.54, 1.807) is 36.4 Å². The number of nitrogens with one attached hydrogen (secondary N) is 4. The fourth-order valence-corrected chi connectivity index (χ4v) is 9.66. The van der Waals surface area contributed by atoms with Crippen LogP contribution < -0.4 is 61.4 Å². The van der Waals surface area contributed by atoms with Crippen LogP contribution in [0, 0.1) is 0 Å². The number of hydrogen-bond donors (Lipinski definition) is 16. The predicted octanol–water partition coefficient (Wildman–Crippen LogP) is 4.46. The summed E-state index contributed by atoms with van der Waals surface area (Å²) >= 11 is 6.53. The van der Waals surface area contributed by atoms with Crippen molar-refractivity contribution >= 4 is 64.1 Å². The van der Waals surface area contributed by atoms with Gasteiger partial charge in [0.2, 0.25) is 0 Å². The molecule has 0 aliphatic rings. The van der Waals surface area contributed by atoms with Crippen molar-refractivity contribution in [2.24, 2.45) is 40.1 Å². The maximum atomic E-state index is 12.2. The highest BCUT2D eigenvalue weighted by molar-refractivity contribution is 6.32. The van der Waals surface area contributed by atoms with Crippen LogP contribution in [0.25, 0.3) is 0 Å². The molecule has 0 aromatic heterocycles. The average molecular weight is 1410 g/mol. The van der Waals surface area contributed by atoms with Crippen molar-refractivity contribution < 1.29 is 68.7 Å². The summed E-state index contributed by atoms with van der Waals surface area (Å²) in [6.07, 6.45) is 11.9. The van der Waals surface area contributed by atoms with E-state index in [0.29, 0.717) is 132 Å². The summed E-state index contributed by atoms with van der Waals surface area (Å²) in [6.45, 7) is 4.56. The van der Waals surface area contributed by atoms with Gasteiger partial charge in [0.15, 0.2) is 28.9 Å². The van der Waals surface area contributed by atoms with E-state index in [-0.39, 0.29) is 134 Å². The number of hydrogen-bond acceptors (Lipinski definition) is 21. The number of Topliss-reactive ketones (excluding diaryl/α,β-unsaturated/α-hetero) is 5. The zero-order valence-corrected chi connectivity index (χ0v) is 58.6. The van der Waals surface area contributed by atoms with E-state index in [1.165, 1.54) is 42.0 Å². The van der Waals surface area contributed by atoms with E-state index in [0.717, 1.165) is 73.9 Å². The number of amides is 4. The molecule has 0 unspecified atom stereocenters. The molecule has 0 fully saturated rings. The molecule has 552 valence electrons. The second-order valence-corrected chi connectivity index (χ2v) is 23.3. The molecule has 23 N–H and O–H groups in total. The first kappa shape index (κ1) is 90.2. The minimum atomic E-state index is -0.464. The molecule has 0 heterocycles. The Hall–Kier alpha value is -7.86. The fourth-order valence-electron chi connectivity index (χ4n) is 9.36. The van der Waals surface area contributed by atoms with Gasteiger partial charge in [-0.25, -0.2) is 0 Å². The number of aliphatic hydroxyl groups is 5. The number of halogens is 1. The van der Waals surface area contributed by atoms with E-state index in [1.807, 2.05) is 18.2 Å². The second kappa shape index (κ2) is 56.8. The normalized spacial score (nSPS) is 10.4. The van der Waals surface area contributed by atoms with Gasteiger partial charge >= 0.3 is 0 Å². The van der Waals surface area contributed by atoms with Crippen molar-refractivity contribution in [3.05, 3.63) is 175 Å². The zero-order chi connectivity index (χ0) is 74.3. The van der Waals surface area contributed by atoms with Crippen LogP contribution in [0.4, 0.5) is 0 Å². The molecule has 0 spiro atoms. The summed E-state index contributed by atoms with van der Waals surface area (Å²) in [6, 6.07) is 29.0. The quantitative estimate of drug-likeness (QED) is 0.0189. The Labute approximate surface area is 593 Å². The van der Waals surface area contributed by atoms with E-state index < -0.39 is 5.91 Å². The van der Waals surface area contributed by atoms with Gasteiger partial charge in [-0.3, -0.25) is 43.2 Å². The first-order chi connectivity index (χ1) is 48.3. The van der Waals surface area contributed by atoms with Gasteiger partial charge in [-0.1, -0.05) is 54.1 Å². The van der Waals surface area contributed by atoms with Crippen molar-refractivity contribution in [2.75, 3.05) is 105 Å². The number of carbonyl (C=O) groups excluding carboxylic acids is 9. The highest BCUT2D eigenvalue weighted by Crippen LogP contribution is 2.28. The molecule has 26 heteroatoms. The van der Waals surface area contributed by atoms with Gasteiger partial charge < -0.3 is 86.9 Å². The molecule has 5 aromatic carbocycles. The fraction of sp³-hybridized carbons (Fsp3) is 0.473. The second-order valence-electron chi connectivity index (χ2n) is 22.9. The molecule has 25 nitrogen and oxygen atoms in total. The summed E-state index contributed by atoms with van der Waals surface area (Å²) < 4.78 is 0. The van der Waals surface area contributed by atoms with Gasteiger partial charge in [0.1, 0.15) is 0 Å². The summed E-state index contributed by atoms with van der Waals surface area (Å²) in [5.74, 6) is -1.80. The number of ketones is 5. The third kappa shape index (κ3) is 38.1. The number of carbonyl (C=O) groups is 9. The van der Waals surface area contributed by atoms with Gasteiger partial charge in [-0.05, 0) is 193 Å². The van der Waals surface area contributed by atoms with Crippen LogP contribution in [-0.2, 0) is 19.3 Å². The van der Waals surface area contributed by atoms with Crippen LogP contribution in [0.15, 0.2) is 103 Å². The molecule has 100 heavy (non-hydrogen) atoms. The molecule has 0 saturated heterocycles. The Morgan fingerprint density at radius 2 is 0.590 bits per heavy atom. The molecular formula is C74H110ClN11O14. The Kier molecular flexibility index (Phi) is 51.2. The molecule has 0 bridgehead atoms. The molecule has 5 aromatic rings. The summed E-state index contributed by atoms with van der Waals surface area (Å²) in [7, 11) is 0. The minimum absolute atomic E-state index is 0.00826. The first-order valence-corrected chi connectivity index (χ1v) is 34.7. The minimum Gasteiger partial charge on any atom is -0.396 e. The molecule has 0 saturated carbocycles. The van der Waals surface area contributed by atoms with Crippen molar-refractivity contribution in [2.45, 2.75) is 122 Å². The summed E-state index contributed by atoms with van der Waals surface area (Å²) in [4.78, 5) is 108. The molecule has 0 radical (unpaired) electrons. The lowest BCUT2D eigenvalue weighted by Crippen LogP contribution is -2.29. The third-order valence-electron chi connectivity index (χ3n) is 14.7. The zero-order valence-electron chi connectivity index (χ0n) is 57.9. The number of aryl methyl sites for hydroxylation is 3. The average Bonchev–Trinajstić information content (AvgIpc) is 0.946. The molecule has 4 amide bonds. The summed E-state index contributed by atoms with van der Waals surface area (Å²) in [5.41, 5.74) is 44.5. The standard InChI is InChI=1S/C18H29ClO3.C17H26N4O3.C17H24N2O5.C13H19N3O2.C9H12N2O/c19-18-16(8-2-5-11-21)13-15(7-1-4-10-20)14-17(18)9-3-6-12-22;18-5-1-3-15(22)12-9-13(16(23)4-2-6-19)11-14(10-12)17(24)21-8-7-20;18-5-1-3-15(22)12-9-13(16(23)4-2-7-20)11-14(10-12)17(24)19-6-8-21;14-6-2-5-12(17)10-3-1-4-11(9-10)13(18)16-8-7-15;10-6-7-11-9(12)8-4-2-1-3-5-8/h13-14,20-22H,1-12H2;9-11H,1-8,18-20H2,(H,21,24);9-11,20-21H,1-8,18H2,(H,19,24);1,3-4,9H,2,5-8,14-15H2,(H,16,18);1-5H,6-7,10H2,(H,11,12). The predicted molar refractivity (Wildman–Crippen MR) is 392 cm³/mol. The van der Waals surface area contributed by atoms with Gasteiger partial charge in [-0.2, -0.15) is 0 Å². The third-order valence-corrected chi connectivity index (χ3v) is 15.2. The molecular weight excluding hydrogens is 1300 g/mol. The maximum absolute atomic E-state index is 12.2. The Balaban J connectivity index is 0.000000635. The van der Waals surface area contributed by atoms with Crippen molar-refractivity contribution in [1.82, 2.24) is 21.3 Å². The lowest BCUT2D eigenvalue weighted by atomic mass is 9.96. The van der Waals surface area contributed by atoms with Crippen LogP contribution >= 0.6 is 11.6 Å². The van der Waals surface area contributed by atoms with E-state index in [9.17, 15) is 43.2 Å². The van der Waals surface area contributed by atoms with Crippen molar-refractivity contribution in [1.29, 1.82) is 0 Å². The van der Waals surface area contributed by atoms with Crippen LogP contribution in [0.5, 0.6) is 0 Å². The number of benzene rings is 5. The number of aliphatic hydroxyl groups excluding tert-OH is 5.